The van der Waals surface area contributed by atoms with Crippen molar-refractivity contribution in [3.8, 4) is 0 Å². The maximum Gasteiger partial charge on any atom is 0.238 e. The van der Waals surface area contributed by atoms with E-state index in [-0.39, 0.29) is 17.8 Å². The summed E-state index contributed by atoms with van der Waals surface area (Å²) in [6.45, 7) is 0.835. The summed E-state index contributed by atoms with van der Waals surface area (Å²) in [6, 6.07) is 4.33. The summed E-state index contributed by atoms with van der Waals surface area (Å²) in [4.78, 5) is 13.9. The van der Waals surface area contributed by atoms with E-state index in [0.29, 0.717) is 0 Å². The second kappa shape index (κ2) is 5.58. The van der Waals surface area contributed by atoms with E-state index in [2.05, 4.69) is 10.6 Å². The van der Waals surface area contributed by atoms with E-state index in [1.54, 1.807) is 0 Å². The van der Waals surface area contributed by atoms with Crippen LogP contribution in [0.2, 0.25) is 0 Å². The zero-order chi connectivity index (χ0) is 12.3. The Bertz CT molecular complexity index is 389. The minimum Gasteiger partial charge on any atom is -0.353 e. The summed E-state index contributed by atoms with van der Waals surface area (Å²) in [5.41, 5.74) is 1.21. The Morgan fingerprint density at radius 2 is 2.29 bits per heavy atom. The summed E-state index contributed by atoms with van der Waals surface area (Å²) in [5.74, 6) is 0.140. The van der Waals surface area contributed by atoms with Crippen molar-refractivity contribution in [1.29, 1.82) is 0 Å². The molecule has 1 aromatic heterocycles. The van der Waals surface area contributed by atoms with Crippen molar-refractivity contribution in [2.75, 3.05) is 12.4 Å². The van der Waals surface area contributed by atoms with E-state index in [0.717, 1.165) is 19.4 Å². The molecule has 0 aliphatic carbocycles. The Balaban J connectivity index is 2.26. The largest absolute Gasteiger partial charge is 0.353 e. The van der Waals surface area contributed by atoms with Gasteiger partial charge in [0, 0.05) is 25.5 Å². The number of amides is 1. The predicted octanol–water partition coefficient (Wildman–Crippen LogP) is 2.71. The molecule has 2 heterocycles. The second-order valence-electron chi connectivity index (χ2n) is 4.63. The lowest BCUT2D eigenvalue weighted by Crippen LogP contribution is -2.36. The van der Waals surface area contributed by atoms with Crippen molar-refractivity contribution in [2.24, 2.45) is 7.05 Å². The molecular formula is C13H19ClN2O. The molecule has 0 saturated carbocycles. The zero-order valence-corrected chi connectivity index (χ0v) is 11.0. The van der Waals surface area contributed by atoms with Gasteiger partial charge in [0.2, 0.25) is 5.91 Å². The summed E-state index contributed by atoms with van der Waals surface area (Å²) in [6.07, 6.45) is 6.54. The van der Waals surface area contributed by atoms with Gasteiger partial charge in [-0.3, -0.25) is 4.79 Å². The van der Waals surface area contributed by atoms with E-state index in [1.807, 2.05) is 24.2 Å². The summed E-state index contributed by atoms with van der Waals surface area (Å²) < 4.78 is 2.10. The van der Waals surface area contributed by atoms with Crippen LogP contribution in [-0.4, -0.2) is 27.8 Å². The molecule has 17 heavy (non-hydrogen) atoms. The fraction of sp³-hybridized carbons (Fsp3) is 0.615. The third-order valence-electron chi connectivity index (χ3n) is 3.51. The van der Waals surface area contributed by atoms with Crippen LogP contribution < -0.4 is 0 Å². The molecular weight excluding hydrogens is 236 g/mol. The zero-order valence-electron chi connectivity index (χ0n) is 10.2. The van der Waals surface area contributed by atoms with Gasteiger partial charge in [0.05, 0.1) is 6.04 Å². The van der Waals surface area contributed by atoms with Gasteiger partial charge in [-0.1, -0.05) is 12.8 Å². The average Bonchev–Trinajstić information content (AvgIpc) is 2.63. The lowest BCUT2D eigenvalue weighted by atomic mass is 10.1. The average molecular weight is 255 g/mol. The summed E-state index contributed by atoms with van der Waals surface area (Å²) in [7, 11) is 2.03. The fourth-order valence-electron chi connectivity index (χ4n) is 2.61. The van der Waals surface area contributed by atoms with Crippen LogP contribution in [0.5, 0.6) is 0 Å². The molecule has 0 bridgehead atoms. The Morgan fingerprint density at radius 1 is 1.47 bits per heavy atom. The third-order valence-corrected chi connectivity index (χ3v) is 3.74. The predicted molar refractivity (Wildman–Crippen MR) is 69.1 cm³/mol. The van der Waals surface area contributed by atoms with Crippen molar-refractivity contribution in [2.45, 2.75) is 31.7 Å². The van der Waals surface area contributed by atoms with Crippen molar-refractivity contribution in [3.05, 3.63) is 24.0 Å². The first-order valence-electron chi connectivity index (χ1n) is 6.20. The quantitative estimate of drug-likeness (QED) is 0.745. The molecule has 1 aromatic rings. The smallest absolute Gasteiger partial charge is 0.238 e. The molecule has 0 spiro atoms. The molecule has 1 atom stereocenters. The van der Waals surface area contributed by atoms with Gasteiger partial charge in [-0.15, -0.1) is 11.6 Å². The topological polar surface area (TPSA) is 25.2 Å². The van der Waals surface area contributed by atoms with Gasteiger partial charge in [0.15, 0.2) is 0 Å². The van der Waals surface area contributed by atoms with E-state index in [1.165, 1.54) is 18.5 Å². The summed E-state index contributed by atoms with van der Waals surface area (Å²) >= 11 is 5.71. The first kappa shape index (κ1) is 12.5. The molecule has 94 valence electrons. The Kier molecular flexibility index (Phi) is 4.11. The normalized spacial score (nSPS) is 21.3. The highest BCUT2D eigenvalue weighted by Gasteiger charge is 2.27. The molecule has 1 aliphatic heterocycles. The second-order valence-corrected chi connectivity index (χ2v) is 4.90. The van der Waals surface area contributed by atoms with Crippen molar-refractivity contribution < 1.29 is 4.79 Å². The monoisotopic (exact) mass is 254 g/mol. The number of alkyl halides is 1. The van der Waals surface area contributed by atoms with Crippen molar-refractivity contribution in [3.63, 3.8) is 0 Å². The summed E-state index contributed by atoms with van der Waals surface area (Å²) in [5, 5.41) is 0. The van der Waals surface area contributed by atoms with Gasteiger partial charge >= 0.3 is 0 Å². The first-order valence-corrected chi connectivity index (χ1v) is 6.74. The van der Waals surface area contributed by atoms with Gasteiger partial charge in [0.25, 0.3) is 0 Å². The van der Waals surface area contributed by atoms with E-state index in [9.17, 15) is 4.79 Å². The Morgan fingerprint density at radius 3 is 2.94 bits per heavy atom. The number of rotatable bonds is 2. The lowest BCUT2D eigenvalue weighted by Gasteiger charge is -2.30. The van der Waals surface area contributed by atoms with Crippen LogP contribution in [-0.2, 0) is 11.8 Å². The molecule has 1 saturated heterocycles. The highest BCUT2D eigenvalue weighted by molar-refractivity contribution is 6.27. The van der Waals surface area contributed by atoms with Crippen LogP contribution in [0.4, 0.5) is 0 Å². The van der Waals surface area contributed by atoms with Crippen LogP contribution in [0, 0.1) is 0 Å². The number of halogens is 1. The standard InChI is InChI=1S/C13H19ClN2O/c1-15-8-5-7-11(15)12-6-3-2-4-9-16(12)13(17)10-14/h5,7-8,12H,2-4,6,9-10H2,1H3. The highest BCUT2D eigenvalue weighted by atomic mass is 35.5. The number of nitrogens with zero attached hydrogens (tertiary/aromatic N) is 2. The van der Waals surface area contributed by atoms with Gasteiger partial charge in [-0.05, 0) is 25.0 Å². The molecule has 0 N–H and O–H groups in total. The van der Waals surface area contributed by atoms with E-state index >= 15 is 0 Å². The first-order chi connectivity index (χ1) is 8.24. The van der Waals surface area contributed by atoms with Crippen molar-refractivity contribution >= 4 is 17.5 Å². The lowest BCUT2D eigenvalue weighted by molar-refractivity contribution is -0.131. The number of aromatic nitrogens is 1. The minimum atomic E-state index is 0.0553. The Hall–Kier alpha value is -0.960. The maximum atomic E-state index is 11.9. The fourth-order valence-corrected chi connectivity index (χ4v) is 2.77. The number of likely N-dealkylation sites (tertiary alicyclic amines) is 1. The molecule has 3 nitrogen and oxygen atoms in total. The van der Waals surface area contributed by atoms with Crippen molar-refractivity contribution in [1.82, 2.24) is 9.47 Å². The number of aryl methyl sites for hydroxylation is 1. The highest BCUT2D eigenvalue weighted by Crippen LogP contribution is 2.30. The number of hydrogen-bond acceptors (Lipinski definition) is 1. The van der Waals surface area contributed by atoms with Crippen LogP contribution in [0.3, 0.4) is 0 Å². The molecule has 1 unspecified atom stereocenters. The van der Waals surface area contributed by atoms with Gasteiger partial charge in [-0.2, -0.15) is 0 Å². The number of hydrogen-bond donors (Lipinski definition) is 0. The number of carbonyl (C=O) groups is 1. The Labute approximate surface area is 107 Å². The molecule has 2 rings (SSSR count). The third kappa shape index (κ3) is 2.65. The van der Waals surface area contributed by atoms with Gasteiger partial charge in [0.1, 0.15) is 5.88 Å². The number of carbonyl (C=O) groups excluding carboxylic acids is 1. The van der Waals surface area contributed by atoms with Crippen LogP contribution in [0.1, 0.15) is 37.4 Å². The maximum absolute atomic E-state index is 11.9. The van der Waals surface area contributed by atoms with E-state index < -0.39 is 0 Å². The van der Waals surface area contributed by atoms with Crippen LogP contribution in [0.15, 0.2) is 18.3 Å². The van der Waals surface area contributed by atoms with Crippen LogP contribution >= 0.6 is 11.6 Å². The molecule has 4 heteroatoms. The van der Waals surface area contributed by atoms with Gasteiger partial charge in [-0.25, -0.2) is 0 Å². The molecule has 0 radical (unpaired) electrons. The molecule has 0 aromatic carbocycles. The van der Waals surface area contributed by atoms with Gasteiger partial charge < -0.3 is 9.47 Å². The molecule has 1 amide bonds. The minimum absolute atomic E-state index is 0.0553. The van der Waals surface area contributed by atoms with Crippen LogP contribution in [0.25, 0.3) is 0 Å². The molecule has 1 aliphatic rings. The molecule has 1 fully saturated rings. The SMILES string of the molecule is Cn1cccc1C1CCCCCN1C(=O)CCl. The van der Waals surface area contributed by atoms with E-state index in [4.69, 9.17) is 11.6 Å².